The number of sulfonamides is 1. The Morgan fingerprint density at radius 2 is 1.88 bits per heavy atom. The Bertz CT molecular complexity index is 795. The molecule has 0 unspecified atom stereocenters. The summed E-state index contributed by atoms with van der Waals surface area (Å²) < 4.78 is 65.7. The second-order valence-corrected chi connectivity index (χ2v) is 7.73. The molecule has 1 atom stereocenters. The molecular formula is C15H17F3N2O5S. The lowest BCUT2D eigenvalue weighted by Gasteiger charge is -2.33. The van der Waals surface area contributed by atoms with Crippen molar-refractivity contribution in [3.8, 4) is 0 Å². The van der Waals surface area contributed by atoms with Crippen molar-refractivity contribution in [3.05, 3.63) is 35.4 Å². The number of nitrogens with one attached hydrogen (secondary N) is 1. The number of hydrogen-bond acceptors (Lipinski definition) is 5. The number of hydrogen-bond donors (Lipinski definition) is 1. The summed E-state index contributed by atoms with van der Waals surface area (Å²) in [6, 6.07) is 5.77. The van der Waals surface area contributed by atoms with Crippen LogP contribution in [-0.2, 0) is 37.3 Å². The minimum absolute atomic E-state index is 0.0327. The third-order valence-electron chi connectivity index (χ3n) is 3.74. The summed E-state index contributed by atoms with van der Waals surface area (Å²) in [4.78, 5) is 23.6. The first-order chi connectivity index (χ1) is 12.0. The van der Waals surface area contributed by atoms with Crippen LogP contribution >= 0.6 is 0 Å². The number of carbonyl (C=O) groups excluding carboxylic acids is 2. The molecule has 0 spiro atoms. The molecule has 7 nitrogen and oxygen atoms in total. The fourth-order valence-electron chi connectivity index (χ4n) is 2.53. The first-order valence-electron chi connectivity index (χ1n) is 7.51. The van der Waals surface area contributed by atoms with Gasteiger partial charge in [0.2, 0.25) is 10.0 Å². The lowest BCUT2D eigenvalue weighted by molar-refractivity contribution is -0.154. The van der Waals surface area contributed by atoms with E-state index in [1.807, 2.05) is 0 Å². The number of ether oxygens (including phenoxy) is 1. The quantitative estimate of drug-likeness (QED) is 0.738. The molecule has 1 heterocycles. The Hall–Kier alpha value is -2.14. The van der Waals surface area contributed by atoms with E-state index in [1.54, 1.807) is 29.6 Å². The van der Waals surface area contributed by atoms with Gasteiger partial charge in [-0.05, 0) is 11.1 Å². The molecular weight excluding hydrogens is 377 g/mol. The molecule has 0 radical (unpaired) electrons. The maximum absolute atomic E-state index is 12.2. The summed E-state index contributed by atoms with van der Waals surface area (Å²) in [6.45, 7) is -2.50. The van der Waals surface area contributed by atoms with E-state index in [1.165, 1.54) is 0 Å². The molecule has 2 rings (SSSR count). The van der Waals surface area contributed by atoms with Crippen molar-refractivity contribution in [1.29, 1.82) is 0 Å². The summed E-state index contributed by atoms with van der Waals surface area (Å²) in [5.41, 5.74) is 1.50. The summed E-state index contributed by atoms with van der Waals surface area (Å²) in [5.74, 6) is -2.12. The Morgan fingerprint density at radius 1 is 1.27 bits per heavy atom. The summed E-state index contributed by atoms with van der Waals surface area (Å²) in [5, 5.41) is 1.56. The zero-order chi connectivity index (χ0) is 19.5. The summed E-state index contributed by atoms with van der Waals surface area (Å²) >= 11 is 0. The van der Waals surface area contributed by atoms with Gasteiger partial charge in [-0.15, -0.1) is 0 Å². The molecule has 1 N–H and O–H groups in total. The molecule has 0 aromatic heterocycles. The average Bonchev–Trinajstić information content (AvgIpc) is 2.55. The van der Waals surface area contributed by atoms with Gasteiger partial charge in [-0.1, -0.05) is 24.3 Å². The van der Waals surface area contributed by atoms with Crippen LogP contribution < -0.4 is 5.32 Å². The minimum Gasteiger partial charge on any atom is -0.454 e. The van der Waals surface area contributed by atoms with Crippen molar-refractivity contribution in [2.75, 3.05) is 19.4 Å². The lowest BCUT2D eigenvalue weighted by atomic mass is 9.96. The van der Waals surface area contributed by atoms with Crippen molar-refractivity contribution < 1.29 is 35.9 Å². The first-order valence-corrected chi connectivity index (χ1v) is 9.36. The highest BCUT2D eigenvalue weighted by Crippen LogP contribution is 2.26. The smallest absolute Gasteiger partial charge is 0.405 e. The van der Waals surface area contributed by atoms with Crippen molar-refractivity contribution in [2.45, 2.75) is 25.2 Å². The predicted molar refractivity (Wildman–Crippen MR) is 84.3 cm³/mol. The SMILES string of the molecule is CS(=O)(=O)N1Cc2ccccc2C[C@H]1C(=O)OCC(=O)NCC(F)(F)F. The van der Waals surface area contributed by atoms with Crippen LogP contribution in [0.1, 0.15) is 11.1 Å². The Kier molecular flexibility index (Phi) is 5.91. The number of rotatable bonds is 5. The van der Waals surface area contributed by atoms with Crippen LogP contribution in [0.15, 0.2) is 24.3 Å². The van der Waals surface area contributed by atoms with E-state index in [-0.39, 0.29) is 13.0 Å². The van der Waals surface area contributed by atoms with Gasteiger partial charge in [-0.3, -0.25) is 9.59 Å². The predicted octanol–water partition coefficient (Wildman–Crippen LogP) is 0.595. The second kappa shape index (κ2) is 7.62. The van der Waals surface area contributed by atoms with Gasteiger partial charge in [0.05, 0.1) is 6.26 Å². The number of alkyl halides is 3. The monoisotopic (exact) mass is 394 g/mol. The molecule has 0 saturated carbocycles. The Morgan fingerprint density at radius 3 is 2.46 bits per heavy atom. The minimum atomic E-state index is -4.58. The number of benzene rings is 1. The molecule has 1 amide bonds. The van der Waals surface area contributed by atoms with Gasteiger partial charge in [0, 0.05) is 13.0 Å². The molecule has 1 aliphatic rings. The fraction of sp³-hybridized carbons (Fsp3) is 0.467. The standard InChI is InChI=1S/C15H17F3N2O5S/c1-26(23,24)20-7-11-5-3-2-4-10(11)6-12(20)14(22)25-8-13(21)19-9-15(16,17)18/h2-5,12H,6-9H2,1H3,(H,19,21)/t12-/m0/s1. The van der Waals surface area contributed by atoms with E-state index in [2.05, 4.69) is 0 Å². The molecule has 1 aromatic rings. The van der Waals surface area contributed by atoms with Crippen LogP contribution in [0, 0.1) is 0 Å². The van der Waals surface area contributed by atoms with Gasteiger partial charge in [0.1, 0.15) is 12.6 Å². The molecule has 0 fully saturated rings. The normalized spacial score (nSPS) is 18.1. The third kappa shape index (κ3) is 5.43. The van der Waals surface area contributed by atoms with Crippen molar-refractivity contribution >= 4 is 21.9 Å². The topological polar surface area (TPSA) is 92.8 Å². The van der Waals surface area contributed by atoms with Crippen LogP contribution in [0.25, 0.3) is 0 Å². The van der Waals surface area contributed by atoms with Crippen LogP contribution in [0.5, 0.6) is 0 Å². The third-order valence-corrected chi connectivity index (χ3v) is 4.97. The maximum Gasteiger partial charge on any atom is 0.405 e. The highest BCUT2D eigenvalue weighted by Gasteiger charge is 2.38. The number of amides is 1. The van der Waals surface area contributed by atoms with E-state index >= 15 is 0 Å². The van der Waals surface area contributed by atoms with E-state index in [0.717, 1.165) is 21.7 Å². The molecule has 144 valence electrons. The second-order valence-electron chi connectivity index (χ2n) is 5.80. The fourth-order valence-corrected chi connectivity index (χ4v) is 3.53. The van der Waals surface area contributed by atoms with E-state index in [4.69, 9.17) is 4.74 Å². The molecule has 1 aliphatic heterocycles. The zero-order valence-corrected chi connectivity index (χ0v) is 14.6. The zero-order valence-electron chi connectivity index (χ0n) is 13.7. The molecule has 0 saturated heterocycles. The summed E-state index contributed by atoms with van der Waals surface area (Å²) in [7, 11) is -3.75. The van der Waals surface area contributed by atoms with Crippen LogP contribution in [0.2, 0.25) is 0 Å². The number of fused-ring (bicyclic) bond motifs is 1. The molecule has 0 bridgehead atoms. The molecule has 26 heavy (non-hydrogen) atoms. The van der Waals surface area contributed by atoms with Gasteiger partial charge in [0.15, 0.2) is 6.61 Å². The Balaban J connectivity index is 2.05. The number of carbonyl (C=O) groups is 2. The maximum atomic E-state index is 12.2. The van der Waals surface area contributed by atoms with Gasteiger partial charge in [-0.2, -0.15) is 17.5 Å². The number of esters is 1. The largest absolute Gasteiger partial charge is 0.454 e. The van der Waals surface area contributed by atoms with Crippen LogP contribution in [0.3, 0.4) is 0 Å². The number of halogens is 3. The average molecular weight is 394 g/mol. The van der Waals surface area contributed by atoms with Gasteiger partial charge in [0.25, 0.3) is 5.91 Å². The van der Waals surface area contributed by atoms with Crippen LogP contribution in [0.4, 0.5) is 13.2 Å². The first kappa shape index (κ1) is 20.2. The summed E-state index contributed by atoms with van der Waals surface area (Å²) in [6.07, 6.45) is -3.59. The van der Waals surface area contributed by atoms with Gasteiger partial charge >= 0.3 is 12.1 Å². The van der Waals surface area contributed by atoms with Crippen molar-refractivity contribution in [1.82, 2.24) is 9.62 Å². The van der Waals surface area contributed by atoms with Gasteiger partial charge in [-0.25, -0.2) is 8.42 Å². The Labute approximate surface area is 148 Å². The molecule has 1 aromatic carbocycles. The van der Waals surface area contributed by atoms with E-state index in [9.17, 15) is 31.2 Å². The van der Waals surface area contributed by atoms with E-state index < -0.39 is 47.3 Å². The van der Waals surface area contributed by atoms with Gasteiger partial charge < -0.3 is 10.1 Å². The highest BCUT2D eigenvalue weighted by molar-refractivity contribution is 7.88. The van der Waals surface area contributed by atoms with Crippen molar-refractivity contribution in [3.63, 3.8) is 0 Å². The van der Waals surface area contributed by atoms with Crippen LogP contribution in [-0.4, -0.2) is 56.2 Å². The lowest BCUT2D eigenvalue weighted by Crippen LogP contribution is -2.49. The number of nitrogens with zero attached hydrogens (tertiary/aromatic N) is 1. The highest BCUT2D eigenvalue weighted by atomic mass is 32.2. The van der Waals surface area contributed by atoms with E-state index in [0.29, 0.717) is 0 Å². The molecule has 11 heteroatoms. The molecule has 0 aliphatic carbocycles. The van der Waals surface area contributed by atoms with Crippen molar-refractivity contribution in [2.24, 2.45) is 0 Å².